The quantitative estimate of drug-likeness (QED) is 0.748. The molecule has 4 nitrogen and oxygen atoms in total. The van der Waals surface area contributed by atoms with Gasteiger partial charge in [-0.1, -0.05) is 45.4 Å². The fourth-order valence-electron chi connectivity index (χ4n) is 4.69. The second-order valence-electron chi connectivity index (χ2n) is 8.54. The number of rotatable bonds is 5. The summed E-state index contributed by atoms with van der Waals surface area (Å²) in [6, 6.07) is 13.6. The first-order chi connectivity index (χ1) is 12.5. The van der Waals surface area contributed by atoms with Gasteiger partial charge in [-0.2, -0.15) is 0 Å². The Bertz CT molecular complexity index is 894. The zero-order valence-electron chi connectivity index (χ0n) is 16.8. The van der Waals surface area contributed by atoms with E-state index in [1.54, 1.807) is 55.6 Å². The predicted octanol–water partition coefficient (Wildman–Crippen LogP) is 4.66. The molecule has 2 aromatic carbocycles. The summed E-state index contributed by atoms with van der Waals surface area (Å²) in [4.78, 5) is 0.562. The molecule has 3 rings (SSSR count). The minimum Gasteiger partial charge on any atom is -0.489 e. The van der Waals surface area contributed by atoms with Gasteiger partial charge in [-0.05, 0) is 43.3 Å². The maximum Gasteiger partial charge on any atom is 0.206 e. The van der Waals surface area contributed by atoms with Crippen LogP contribution in [0.1, 0.15) is 33.3 Å². The van der Waals surface area contributed by atoms with Crippen molar-refractivity contribution >= 4 is 9.84 Å². The van der Waals surface area contributed by atoms with Gasteiger partial charge in [-0.3, -0.25) is 0 Å². The van der Waals surface area contributed by atoms with Crippen LogP contribution in [-0.4, -0.2) is 27.7 Å². The summed E-state index contributed by atoms with van der Waals surface area (Å²) in [5, 5.41) is 0. The van der Waals surface area contributed by atoms with E-state index in [0.29, 0.717) is 10.6 Å². The number of ether oxygens (including phenoxy) is 2. The zero-order chi connectivity index (χ0) is 20.0. The van der Waals surface area contributed by atoms with Crippen LogP contribution in [0.25, 0.3) is 0 Å². The first-order valence-corrected chi connectivity index (χ1v) is 10.6. The molecule has 0 radical (unpaired) electrons. The summed E-state index contributed by atoms with van der Waals surface area (Å²) in [6.07, 6.45) is 0.0886. The van der Waals surface area contributed by atoms with Crippen LogP contribution in [0, 0.1) is 17.8 Å². The second-order valence-corrected chi connectivity index (χ2v) is 10.5. The summed E-state index contributed by atoms with van der Waals surface area (Å²) < 4.78 is 37.4. The van der Waals surface area contributed by atoms with Crippen LogP contribution in [0.4, 0.5) is 0 Å². The molecule has 0 aromatic heterocycles. The Morgan fingerprint density at radius 1 is 0.778 bits per heavy atom. The molecule has 0 bridgehead atoms. The van der Waals surface area contributed by atoms with Crippen LogP contribution < -0.4 is 4.74 Å². The lowest BCUT2D eigenvalue weighted by molar-refractivity contribution is -0.247. The third kappa shape index (κ3) is 3.27. The van der Waals surface area contributed by atoms with Gasteiger partial charge in [-0.15, -0.1) is 0 Å². The molecule has 27 heavy (non-hydrogen) atoms. The molecule has 0 spiro atoms. The lowest BCUT2D eigenvalue weighted by atomic mass is 9.51. The number of methoxy groups -OCH3 is 1. The van der Waals surface area contributed by atoms with Crippen molar-refractivity contribution in [1.82, 2.24) is 0 Å². The van der Waals surface area contributed by atoms with E-state index in [9.17, 15) is 8.42 Å². The van der Waals surface area contributed by atoms with Crippen molar-refractivity contribution in [3.63, 3.8) is 0 Å². The van der Waals surface area contributed by atoms with Gasteiger partial charge in [0.1, 0.15) is 11.9 Å². The highest BCUT2D eigenvalue weighted by molar-refractivity contribution is 7.91. The Morgan fingerprint density at radius 3 is 1.67 bits per heavy atom. The molecule has 2 aromatic rings. The molecule has 0 heterocycles. The Morgan fingerprint density at radius 2 is 1.22 bits per heavy atom. The minimum atomic E-state index is -3.53. The summed E-state index contributed by atoms with van der Waals surface area (Å²) in [5.41, 5.74) is 0.785. The number of hydrogen-bond donors (Lipinski definition) is 0. The van der Waals surface area contributed by atoms with E-state index in [1.807, 2.05) is 6.92 Å². The van der Waals surface area contributed by atoms with Crippen molar-refractivity contribution in [2.75, 3.05) is 7.11 Å². The highest BCUT2D eigenvalue weighted by atomic mass is 32.2. The third-order valence-corrected chi connectivity index (χ3v) is 7.44. The van der Waals surface area contributed by atoms with Crippen molar-refractivity contribution < 1.29 is 17.9 Å². The first kappa shape index (κ1) is 19.9. The largest absolute Gasteiger partial charge is 0.489 e. The molecule has 0 amide bonds. The van der Waals surface area contributed by atoms with Crippen LogP contribution in [0.5, 0.6) is 5.75 Å². The van der Waals surface area contributed by atoms with Crippen molar-refractivity contribution in [2.24, 2.45) is 10.8 Å². The molecule has 1 aliphatic rings. The van der Waals surface area contributed by atoms with Crippen LogP contribution in [0.2, 0.25) is 0 Å². The monoisotopic (exact) mass is 388 g/mol. The van der Waals surface area contributed by atoms with Crippen molar-refractivity contribution in [3.8, 4) is 5.75 Å². The molecule has 146 valence electrons. The van der Waals surface area contributed by atoms with Gasteiger partial charge in [0.15, 0.2) is 0 Å². The Balaban J connectivity index is 1.81. The minimum absolute atomic E-state index is 0.0190. The van der Waals surface area contributed by atoms with Gasteiger partial charge < -0.3 is 9.47 Å². The molecule has 1 aliphatic carbocycles. The second kappa shape index (κ2) is 6.64. The molecule has 0 atom stereocenters. The molecular weight excluding hydrogens is 360 g/mol. The Labute approximate surface area is 162 Å². The van der Waals surface area contributed by atoms with Crippen LogP contribution in [0.3, 0.4) is 0 Å². The van der Waals surface area contributed by atoms with Crippen molar-refractivity contribution in [3.05, 3.63) is 54.1 Å². The highest BCUT2D eigenvalue weighted by Crippen LogP contribution is 2.56. The summed E-state index contributed by atoms with van der Waals surface area (Å²) in [7, 11) is -1.80. The van der Waals surface area contributed by atoms with Gasteiger partial charge in [0, 0.05) is 17.9 Å². The number of benzene rings is 2. The maximum absolute atomic E-state index is 12.8. The van der Waals surface area contributed by atoms with E-state index in [-0.39, 0.29) is 27.9 Å². The molecular formula is C22H28O4S. The van der Waals surface area contributed by atoms with E-state index >= 15 is 0 Å². The Hall–Kier alpha value is -1.85. The summed E-state index contributed by atoms with van der Waals surface area (Å²) in [5.74, 6) is 0.665. The van der Waals surface area contributed by atoms with Crippen LogP contribution >= 0.6 is 0 Å². The smallest absolute Gasteiger partial charge is 0.206 e. The van der Waals surface area contributed by atoms with Crippen molar-refractivity contribution in [1.29, 1.82) is 0 Å². The molecule has 0 unspecified atom stereocenters. The summed E-state index contributed by atoms with van der Waals surface area (Å²) in [6.45, 7) is 10.5. The SMILES string of the molecule is COC1C(C)(C)C(Oc2ccc(S(=O)(=O)c3ccc(C)cc3)cc2)C1(C)C. The Kier molecular flexibility index (Phi) is 4.89. The fraction of sp³-hybridized carbons (Fsp3) is 0.455. The lowest BCUT2D eigenvalue weighted by Crippen LogP contribution is -2.70. The zero-order valence-corrected chi connectivity index (χ0v) is 17.6. The van der Waals surface area contributed by atoms with Crippen molar-refractivity contribution in [2.45, 2.75) is 56.6 Å². The van der Waals surface area contributed by atoms with Gasteiger partial charge in [-0.25, -0.2) is 8.42 Å². The fourth-order valence-corrected chi connectivity index (χ4v) is 5.96. The van der Waals surface area contributed by atoms with Gasteiger partial charge in [0.05, 0.1) is 15.9 Å². The number of hydrogen-bond acceptors (Lipinski definition) is 4. The van der Waals surface area contributed by atoms with E-state index in [1.165, 1.54) is 0 Å². The van der Waals surface area contributed by atoms with Gasteiger partial charge in [0.25, 0.3) is 0 Å². The first-order valence-electron chi connectivity index (χ1n) is 9.12. The molecule has 5 heteroatoms. The standard InChI is InChI=1S/C22H28O4S/c1-15-7-11-17(12-8-15)27(23,24)18-13-9-16(10-14-18)26-20-21(2,3)19(25-6)22(20,4)5/h7-14,19-20H,1-6H3. The third-order valence-electron chi connectivity index (χ3n) is 5.66. The van der Waals surface area contributed by atoms with E-state index in [0.717, 1.165) is 5.56 Å². The lowest BCUT2D eigenvalue weighted by Gasteiger charge is -2.62. The molecule has 0 aliphatic heterocycles. The molecule has 1 saturated carbocycles. The van der Waals surface area contributed by atoms with Gasteiger partial charge >= 0.3 is 0 Å². The molecule has 0 N–H and O–H groups in total. The van der Waals surface area contributed by atoms with Crippen LogP contribution in [-0.2, 0) is 14.6 Å². The van der Waals surface area contributed by atoms with E-state index in [4.69, 9.17) is 9.47 Å². The highest BCUT2D eigenvalue weighted by Gasteiger charge is 2.64. The summed E-state index contributed by atoms with van der Waals surface area (Å²) >= 11 is 0. The molecule has 0 saturated heterocycles. The maximum atomic E-state index is 12.8. The van der Waals surface area contributed by atoms with E-state index in [2.05, 4.69) is 27.7 Å². The normalized spacial score (nSPS) is 23.5. The van der Waals surface area contributed by atoms with Crippen LogP contribution in [0.15, 0.2) is 58.3 Å². The predicted molar refractivity (Wildman–Crippen MR) is 106 cm³/mol. The number of aryl methyl sites for hydroxylation is 1. The number of sulfone groups is 1. The average molecular weight is 389 g/mol. The topological polar surface area (TPSA) is 52.6 Å². The van der Waals surface area contributed by atoms with Gasteiger partial charge in [0.2, 0.25) is 9.84 Å². The van der Waals surface area contributed by atoms with E-state index < -0.39 is 9.84 Å². The average Bonchev–Trinajstić information content (AvgIpc) is 2.60. The molecule has 1 fully saturated rings.